The Morgan fingerprint density at radius 3 is 1.35 bits per heavy atom. The SMILES string of the molecule is CC(=O)C=C(C)O.CC(=O)C=C(C)O.CC(=O)C=C(C)O.CC1(C)c2ccccc2-c2c[c-]c(-c3ccc4ccccc4n3)cc21.Cc1ccc[c-]c1-c1cc(-c2ccccc2)c2ccccc2n1.Fc1c[c-]c(-c2cc(-c3ccccc3)c3ccccc3n2)c(F)c1.[Ir].[Ir].[Ir].[Ir].[c-]1ccccc1-c1ccccn1.[c-]1ccccc1-c1nccc2ccccc12. The number of halogens is 2. The van der Waals surface area contributed by atoms with Gasteiger partial charge in [0, 0.05) is 133 Å². The first-order chi connectivity index (χ1) is 58.5. The van der Waals surface area contributed by atoms with Gasteiger partial charge in [-0.25, -0.2) is 0 Å². The van der Waals surface area contributed by atoms with Gasteiger partial charge in [-0.2, -0.15) is 0 Å². The Hall–Kier alpha value is -12.5. The smallest absolute Gasteiger partial charge is 0.155 e. The summed E-state index contributed by atoms with van der Waals surface area (Å²) in [5.41, 5.74) is 22.5. The van der Waals surface area contributed by atoms with Gasteiger partial charge in [-0.05, 0) is 150 Å². The van der Waals surface area contributed by atoms with Gasteiger partial charge in [-0.3, -0.25) is 38.1 Å². The number of pyridine rings is 5. The Morgan fingerprint density at radius 2 is 0.832 bits per heavy atom. The Kier molecular flexibility index (Phi) is 39.1. The normalized spacial score (nSPS) is 11.1. The second-order valence-electron chi connectivity index (χ2n) is 28.7. The van der Waals surface area contributed by atoms with Gasteiger partial charge in [0.15, 0.2) is 17.3 Å². The molecule has 0 aliphatic heterocycles. The van der Waals surface area contributed by atoms with Crippen LogP contribution in [-0.2, 0) is 100 Å². The van der Waals surface area contributed by atoms with E-state index in [1.807, 2.05) is 188 Å². The molecule has 4 radical (unpaired) electrons. The zero-order valence-corrected chi connectivity index (χ0v) is 79.5. The number of hydrogen-bond donors (Lipinski definition) is 3. The minimum atomic E-state index is -0.670. The number of rotatable bonds is 10. The monoisotopic (exact) mass is 2360 g/mol. The van der Waals surface area contributed by atoms with Crippen molar-refractivity contribution in [1.29, 1.82) is 0 Å². The predicted octanol–water partition coefficient (Wildman–Crippen LogP) is 26.7. The minimum Gasteiger partial charge on any atom is -0.512 e. The van der Waals surface area contributed by atoms with Crippen LogP contribution in [-0.4, -0.2) is 57.6 Å². The third-order valence-corrected chi connectivity index (χ3v) is 18.9. The molecule has 0 atom stereocenters. The number of carbonyl (C=O) groups is 3. The quantitative estimate of drug-likeness (QED) is 0.0675. The largest absolute Gasteiger partial charge is 0.512 e. The minimum absolute atomic E-state index is 0. The summed E-state index contributed by atoms with van der Waals surface area (Å²) in [7, 11) is 0. The third-order valence-electron chi connectivity index (χ3n) is 18.9. The molecule has 12 aromatic carbocycles. The van der Waals surface area contributed by atoms with Crippen LogP contribution in [0.5, 0.6) is 0 Å². The van der Waals surface area contributed by atoms with Gasteiger partial charge in [-0.15, -0.1) is 149 Å². The molecule has 1 aliphatic rings. The number of aryl methyl sites for hydroxylation is 1. The van der Waals surface area contributed by atoms with Gasteiger partial charge in [0.2, 0.25) is 0 Å². The molecule has 0 spiro atoms. The molecule has 18 rings (SSSR count). The van der Waals surface area contributed by atoms with Gasteiger partial charge in [0.1, 0.15) is 0 Å². The molecule has 0 unspecified atom stereocenters. The van der Waals surface area contributed by atoms with E-state index in [2.05, 4.69) is 193 Å². The van der Waals surface area contributed by atoms with Crippen LogP contribution in [0.3, 0.4) is 0 Å². The van der Waals surface area contributed by atoms with E-state index in [0.29, 0.717) is 5.69 Å². The summed E-state index contributed by atoms with van der Waals surface area (Å²) in [6.45, 7) is 15.2. The van der Waals surface area contributed by atoms with Crippen LogP contribution in [0, 0.1) is 48.9 Å². The zero-order chi connectivity index (χ0) is 85.8. The van der Waals surface area contributed by atoms with Crippen LogP contribution < -0.4 is 0 Å². The van der Waals surface area contributed by atoms with Crippen molar-refractivity contribution in [3.63, 3.8) is 0 Å². The van der Waals surface area contributed by atoms with Gasteiger partial charge in [0.05, 0.1) is 33.8 Å². The summed E-state index contributed by atoms with van der Waals surface area (Å²) in [5, 5.41) is 30.8. The van der Waals surface area contributed by atoms with Crippen LogP contribution in [0.4, 0.5) is 8.78 Å². The molecule has 125 heavy (non-hydrogen) atoms. The Morgan fingerprint density at radius 1 is 0.352 bits per heavy atom. The van der Waals surface area contributed by atoms with Crippen molar-refractivity contribution in [3.8, 4) is 89.7 Å². The van der Waals surface area contributed by atoms with E-state index in [1.54, 1.807) is 6.20 Å². The maximum absolute atomic E-state index is 14.2. The molecule has 0 amide bonds. The fourth-order valence-electron chi connectivity index (χ4n) is 13.6. The van der Waals surface area contributed by atoms with E-state index >= 15 is 0 Å². The number of aliphatic hydroxyl groups is 3. The van der Waals surface area contributed by atoms with E-state index < -0.39 is 11.6 Å². The molecule has 0 fully saturated rings. The number of ketones is 3. The van der Waals surface area contributed by atoms with Crippen molar-refractivity contribution in [2.24, 2.45) is 0 Å². The van der Waals surface area contributed by atoms with Gasteiger partial charge >= 0.3 is 0 Å². The van der Waals surface area contributed by atoms with E-state index in [-0.39, 0.29) is 126 Å². The Bertz CT molecular complexity index is 6420. The molecule has 5 heterocycles. The van der Waals surface area contributed by atoms with E-state index in [0.717, 1.165) is 90.2 Å². The van der Waals surface area contributed by atoms with Crippen molar-refractivity contribution in [2.45, 2.75) is 67.7 Å². The summed E-state index contributed by atoms with van der Waals surface area (Å²) in [6.07, 6.45) is 7.13. The number of para-hydroxylation sites is 3. The molecular weight excluding hydrogens is 2270 g/mol. The second-order valence-corrected chi connectivity index (χ2v) is 28.7. The fourth-order valence-corrected chi connectivity index (χ4v) is 13.6. The van der Waals surface area contributed by atoms with Crippen LogP contribution in [0.2, 0.25) is 0 Å². The maximum Gasteiger partial charge on any atom is 0.155 e. The van der Waals surface area contributed by atoms with Gasteiger partial charge in [-0.1, -0.05) is 244 Å². The van der Waals surface area contributed by atoms with Crippen molar-refractivity contribution in [3.05, 3.63) is 428 Å². The molecule has 17 aromatic rings. The first-order valence-electron chi connectivity index (χ1n) is 39.1. The molecule has 17 heteroatoms. The van der Waals surface area contributed by atoms with Crippen LogP contribution in [0.15, 0.2) is 369 Å². The molecule has 0 saturated carbocycles. The number of carbonyl (C=O) groups excluding carboxylic acids is 3. The summed E-state index contributed by atoms with van der Waals surface area (Å²) < 4.78 is 27.3. The Labute approximate surface area is 783 Å². The third kappa shape index (κ3) is 28.0. The summed E-state index contributed by atoms with van der Waals surface area (Å²) >= 11 is 0. The average molecular weight is 2360 g/mol. The standard InChI is InChI=1S/C24H18N.C22H16N.C21H12F2N.C15H10N.C11H8N.3C5H8O2.4Ir/c1-24(2)20-9-5-4-8-18(20)19-13-11-17(15-21(19)24)23-14-12-16-7-3-6-10-22(16)25-23;1-16-9-5-6-12-18(16)22-15-20(17-10-3-2-4-11-17)19-13-7-8-14-21(19)23-22;22-15-10-11-17(19(23)12-15)21-13-18(14-6-2-1-3-7-14)16-8-4-5-9-20(16)24-21;1-2-7-13(8-3-1)15-14-9-5-4-6-12(14)10-11-16-15;1-2-6-10(7-3-1)11-8-4-5-9-12-11;3*1-4(6)3-5(2)7;;;;/h3-10,12-15H,1-2H3;2-11,13-15H,1H3;1-10,12-13H;1-7,9-11H;1-6,8-9H;3*3,6H,1-2H3;;;;/q5*-1;;;;;;;. The van der Waals surface area contributed by atoms with E-state index in [9.17, 15) is 23.2 Å². The van der Waals surface area contributed by atoms with Crippen LogP contribution in [0.1, 0.15) is 72.1 Å². The van der Waals surface area contributed by atoms with Crippen molar-refractivity contribution in [1.82, 2.24) is 24.9 Å². The van der Waals surface area contributed by atoms with Gasteiger partial charge < -0.3 is 25.3 Å². The molecule has 0 saturated heterocycles. The topological polar surface area (TPSA) is 176 Å². The number of aliphatic hydroxyl groups excluding tert-OH is 3. The molecule has 5 aromatic heterocycles. The molecule has 11 nitrogen and oxygen atoms in total. The molecule has 0 bridgehead atoms. The molecule has 3 N–H and O–H groups in total. The summed E-state index contributed by atoms with van der Waals surface area (Å²) in [4.78, 5) is 52.9. The number of allylic oxidation sites excluding steroid dienone is 6. The first kappa shape index (κ1) is 99.6. The number of hydrogen-bond acceptors (Lipinski definition) is 11. The number of nitrogens with zero attached hydrogens (tertiary/aromatic N) is 5. The second kappa shape index (κ2) is 49.1. The van der Waals surface area contributed by atoms with Crippen molar-refractivity contribution >= 4 is 60.8 Å². The van der Waals surface area contributed by atoms with Crippen molar-refractivity contribution in [2.75, 3.05) is 0 Å². The predicted molar refractivity (Wildman–Crippen MR) is 487 cm³/mol. The fraction of sp³-hybridized carbons (Fsp3) is 0.0926. The first-order valence-corrected chi connectivity index (χ1v) is 39.1. The number of fused-ring (bicyclic) bond motifs is 7. The van der Waals surface area contributed by atoms with E-state index in [4.69, 9.17) is 25.3 Å². The Balaban J connectivity index is 0.000000204. The molecule has 636 valence electrons. The average Bonchev–Trinajstić information content (AvgIpc) is 1.58. The number of aromatic nitrogens is 5. The summed E-state index contributed by atoms with van der Waals surface area (Å²) in [5.74, 6) is -1.51. The van der Waals surface area contributed by atoms with Crippen LogP contribution >= 0.6 is 0 Å². The van der Waals surface area contributed by atoms with E-state index in [1.165, 1.54) is 120 Å². The molecular formula is C108H88F2Ir4N5O6-5. The van der Waals surface area contributed by atoms with Gasteiger partial charge in [0.25, 0.3) is 0 Å². The van der Waals surface area contributed by atoms with Crippen molar-refractivity contribution < 1.29 is 119 Å². The number of benzene rings is 12. The maximum atomic E-state index is 14.2. The zero-order valence-electron chi connectivity index (χ0n) is 69.9. The molecule has 1 aliphatic carbocycles. The summed E-state index contributed by atoms with van der Waals surface area (Å²) in [6, 6.07) is 122. The van der Waals surface area contributed by atoms with Crippen LogP contribution in [0.25, 0.3) is 133 Å².